The van der Waals surface area contributed by atoms with Crippen LogP contribution in [-0.4, -0.2) is 40.9 Å². The van der Waals surface area contributed by atoms with E-state index >= 15 is 0 Å². The van der Waals surface area contributed by atoms with Gasteiger partial charge in [0.2, 0.25) is 0 Å². The number of alkyl halides is 3. The van der Waals surface area contributed by atoms with Crippen LogP contribution in [0.2, 0.25) is 0 Å². The summed E-state index contributed by atoms with van der Waals surface area (Å²) >= 11 is 5.89. The van der Waals surface area contributed by atoms with Gasteiger partial charge in [-0.1, -0.05) is 42.2 Å². The minimum absolute atomic E-state index is 0.0998. The molecule has 172 valence electrons. The van der Waals surface area contributed by atoms with Crippen LogP contribution >= 0.6 is 24.0 Å². The lowest BCUT2D eigenvalue weighted by molar-refractivity contribution is -0.138. The smallest absolute Gasteiger partial charge is 0.420 e. The van der Waals surface area contributed by atoms with Gasteiger partial charge in [0, 0.05) is 7.05 Å². The van der Waals surface area contributed by atoms with E-state index in [0.29, 0.717) is 6.42 Å². The molecule has 6 nitrogen and oxygen atoms in total. The summed E-state index contributed by atoms with van der Waals surface area (Å²) in [7, 11) is 1.65. The van der Waals surface area contributed by atoms with Gasteiger partial charge in [-0.25, -0.2) is 4.79 Å². The number of thiocarbonyl (C=S) groups is 1. The van der Waals surface area contributed by atoms with Crippen LogP contribution in [0.15, 0.2) is 47.4 Å². The molecule has 0 aliphatic carbocycles. The molecule has 1 N–H and O–H groups in total. The molecule has 2 aliphatic heterocycles. The van der Waals surface area contributed by atoms with Gasteiger partial charge in [0.25, 0.3) is 5.91 Å². The zero-order chi connectivity index (χ0) is 23.8. The summed E-state index contributed by atoms with van der Waals surface area (Å²) in [5.74, 6) is -0.566. The number of halogens is 3. The lowest BCUT2D eigenvalue weighted by Crippen LogP contribution is -2.30. The molecule has 2 aromatic rings. The molecule has 2 saturated heterocycles. The third kappa shape index (κ3) is 5.31. The first-order chi connectivity index (χ1) is 15.6. The number of nitrogens with one attached hydrogen (secondary N) is 1. The molecule has 11 heteroatoms. The van der Waals surface area contributed by atoms with Crippen molar-refractivity contribution in [2.75, 3.05) is 13.7 Å². The molecule has 0 saturated carbocycles. The molecule has 2 aliphatic rings. The fourth-order valence-corrected chi connectivity index (χ4v) is 4.38. The highest BCUT2D eigenvalue weighted by molar-refractivity contribution is 8.26. The number of amides is 2. The fourth-order valence-electron chi connectivity index (χ4n) is 3.34. The van der Waals surface area contributed by atoms with E-state index in [-0.39, 0.29) is 45.0 Å². The van der Waals surface area contributed by atoms with Gasteiger partial charge in [0.1, 0.15) is 22.4 Å². The van der Waals surface area contributed by atoms with Crippen molar-refractivity contribution in [3.8, 4) is 11.5 Å². The summed E-state index contributed by atoms with van der Waals surface area (Å²) in [4.78, 5) is 25.0. The van der Waals surface area contributed by atoms with Crippen molar-refractivity contribution in [2.24, 2.45) is 0 Å². The number of ether oxygens (including phenoxy) is 2. The summed E-state index contributed by atoms with van der Waals surface area (Å²) in [5.41, 5.74) is 0.126. The molecule has 1 unspecified atom stereocenters. The van der Waals surface area contributed by atoms with Crippen LogP contribution in [0.1, 0.15) is 16.7 Å². The van der Waals surface area contributed by atoms with Crippen molar-refractivity contribution in [3.05, 3.63) is 64.1 Å². The van der Waals surface area contributed by atoms with Crippen LogP contribution < -0.4 is 10.1 Å². The van der Waals surface area contributed by atoms with Crippen LogP contribution in [0.25, 0.3) is 6.08 Å². The lowest BCUT2D eigenvalue weighted by atomic mass is 10.1. The standard InChI is InChI=1S/C22H17F3N2O4S2/c1-27-14(11-30-21(27)29)8-12-2-5-15(6-3-12)31-17-7-4-13(9-16(17)22(23,24)25)10-18-19(28)26-20(32)33-18/h2-7,9-10,14H,8,11H2,1H3,(H,26,28,32). The molecule has 0 bridgehead atoms. The highest BCUT2D eigenvalue weighted by Gasteiger charge is 2.35. The second-order valence-corrected chi connectivity index (χ2v) is 9.12. The number of thioether (sulfide) groups is 1. The van der Waals surface area contributed by atoms with E-state index in [1.54, 1.807) is 31.3 Å². The van der Waals surface area contributed by atoms with Gasteiger partial charge in [-0.3, -0.25) is 4.79 Å². The van der Waals surface area contributed by atoms with Crippen LogP contribution in [0, 0.1) is 0 Å². The zero-order valence-electron chi connectivity index (χ0n) is 17.1. The van der Waals surface area contributed by atoms with Crippen molar-refractivity contribution in [3.63, 3.8) is 0 Å². The Bertz CT molecular complexity index is 1150. The van der Waals surface area contributed by atoms with Crippen molar-refractivity contribution >= 4 is 46.4 Å². The van der Waals surface area contributed by atoms with Crippen LogP contribution in [0.5, 0.6) is 11.5 Å². The number of cyclic esters (lactones) is 1. The maximum Gasteiger partial charge on any atom is 0.420 e. The minimum Gasteiger partial charge on any atom is -0.457 e. The second-order valence-electron chi connectivity index (χ2n) is 7.40. The van der Waals surface area contributed by atoms with Crippen molar-refractivity contribution in [2.45, 2.75) is 18.6 Å². The highest BCUT2D eigenvalue weighted by atomic mass is 32.2. The average molecular weight is 495 g/mol. The van der Waals surface area contributed by atoms with E-state index in [0.717, 1.165) is 23.4 Å². The number of benzene rings is 2. The topological polar surface area (TPSA) is 67.9 Å². The quantitative estimate of drug-likeness (QED) is 0.467. The third-order valence-electron chi connectivity index (χ3n) is 5.11. The predicted molar refractivity (Wildman–Crippen MR) is 121 cm³/mol. The summed E-state index contributed by atoms with van der Waals surface area (Å²) in [5, 5.41) is 2.42. The molecule has 2 aromatic carbocycles. The molecule has 2 fully saturated rings. The van der Waals surface area contributed by atoms with Crippen molar-refractivity contribution in [1.82, 2.24) is 10.2 Å². The highest BCUT2D eigenvalue weighted by Crippen LogP contribution is 2.39. The molecule has 2 heterocycles. The van der Waals surface area contributed by atoms with Gasteiger partial charge in [0.05, 0.1) is 16.5 Å². The Balaban J connectivity index is 1.52. The minimum atomic E-state index is -4.66. The molecule has 0 spiro atoms. The number of likely N-dealkylation sites (N-methyl/N-ethyl adjacent to an activating group) is 1. The monoisotopic (exact) mass is 494 g/mol. The average Bonchev–Trinajstić information content (AvgIpc) is 3.24. The Hall–Kier alpha value is -3.05. The second kappa shape index (κ2) is 9.06. The molecular weight excluding hydrogens is 477 g/mol. The number of nitrogens with zero attached hydrogens (tertiary/aromatic N) is 1. The van der Waals surface area contributed by atoms with E-state index in [9.17, 15) is 22.8 Å². The maximum atomic E-state index is 13.7. The Kier molecular flexibility index (Phi) is 6.35. The van der Waals surface area contributed by atoms with E-state index in [1.165, 1.54) is 23.1 Å². The number of rotatable bonds is 5. The number of carbonyl (C=O) groups excluding carboxylic acids is 2. The third-order valence-corrected chi connectivity index (χ3v) is 6.27. The SMILES string of the molecule is CN1C(=O)OCC1Cc1ccc(Oc2ccc(C=C3SC(=S)NC3=O)cc2C(F)(F)F)cc1. The maximum absolute atomic E-state index is 13.7. The van der Waals surface area contributed by atoms with Crippen molar-refractivity contribution in [1.29, 1.82) is 0 Å². The molecule has 2 amide bonds. The molecular formula is C22H17F3N2O4S2. The largest absolute Gasteiger partial charge is 0.457 e. The molecule has 33 heavy (non-hydrogen) atoms. The summed E-state index contributed by atoms with van der Waals surface area (Å²) in [6, 6.07) is 10.1. The van der Waals surface area contributed by atoms with Gasteiger partial charge < -0.3 is 19.7 Å². The van der Waals surface area contributed by atoms with Crippen LogP contribution in [0.4, 0.5) is 18.0 Å². The van der Waals surface area contributed by atoms with E-state index < -0.39 is 17.6 Å². The lowest BCUT2D eigenvalue weighted by Gasteiger charge is -2.17. The Labute approximate surface area is 196 Å². The Morgan fingerprint density at radius 2 is 1.97 bits per heavy atom. The Morgan fingerprint density at radius 3 is 2.55 bits per heavy atom. The summed E-state index contributed by atoms with van der Waals surface area (Å²) in [6.45, 7) is 0.289. The summed E-state index contributed by atoms with van der Waals surface area (Å²) < 4.78 is 51.8. The van der Waals surface area contributed by atoms with Gasteiger partial charge in [-0.15, -0.1) is 0 Å². The van der Waals surface area contributed by atoms with Gasteiger partial charge in [0.15, 0.2) is 0 Å². The Morgan fingerprint density at radius 1 is 1.24 bits per heavy atom. The first-order valence-corrected chi connectivity index (χ1v) is 10.9. The van der Waals surface area contributed by atoms with Crippen molar-refractivity contribution < 1.29 is 32.2 Å². The molecule has 0 aromatic heterocycles. The van der Waals surface area contributed by atoms with Gasteiger partial charge >= 0.3 is 12.3 Å². The van der Waals surface area contributed by atoms with E-state index in [2.05, 4.69) is 5.32 Å². The summed E-state index contributed by atoms with van der Waals surface area (Å²) in [6.07, 6.45) is -3.14. The van der Waals surface area contributed by atoms with Crippen LogP contribution in [0.3, 0.4) is 0 Å². The first-order valence-electron chi connectivity index (χ1n) is 9.72. The van der Waals surface area contributed by atoms with E-state index in [4.69, 9.17) is 21.7 Å². The van der Waals surface area contributed by atoms with E-state index in [1.807, 2.05) is 0 Å². The van der Waals surface area contributed by atoms with Crippen LogP contribution in [-0.2, 0) is 22.1 Å². The predicted octanol–water partition coefficient (Wildman–Crippen LogP) is 4.98. The number of carbonyl (C=O) groups is 2. The first kappa shape index (κ1) is 23.1. The van der Waals surface area contributed by atoms with Gasteiger partial charge in [-0.05, 0) is 47.9 Å². The normalized spacial score (nSPS) is 19.8. The molecule has 4 rings (SSSR count). The number of hydrogen-bond acceptors (Lipinski definition) is 6. The molecule has 1 atom stereocenters. The van der Waals surface area contributed by atoms with Gasteiger partial charge in [-0.2, -0.15) is 13.2 Å². The number of hydrogen-bond donors (Lipinski definition) is 1. The fraction of sp³-hybridized carbons (Fsp3) is 0.227. The zero-order valence-corrected chi connectivity index (χ0v) is 18.8. The molecule has 0 radical (unpaired) electrons.